The molecular weight excluding hydrogens is 184 g/mol. The van der Waals surface area contributed by atoms with Crippen molar-refractivity contribution in [1.82, 2.24) is 0 Å². The molecule has 0 saturated carbocycles. The van der Waals surface area contributed by atoms with Gasteiger partial charge in [-0.3, -0.25) is 0 Å². The number of carboxylic acids is 1. The summed E-state index contributed by atoms with van der Waals surface area (Å²) in [6.45, 7) is 0. The summed E-state index contributed by atoms with van der Waals surface area (Å²) in [5.74, 6) is -0.0756. The highest BCUT2D eigenvalue weighted by molar-refractivity contribution is 8.03. The highest BCUT2D eigenvalue weighted by Gasteiger charge is 2.14. The quantitative estimate of drug-likeness (QED) is 0.742. The van der Waals surface area contributed by atoms with E-state index < -0.39 is 5.97 Å². The predicted molar refractivity (Wildman–Crippen MR) is 53.3 cm³/mol. The van der Waals surface area contributed by atoms with Crippen molar-refractivity contribution in [2.45, 2.75) is 5.75 Å². The van der Waals surface area contributed by atoms with Crippen LogP contribution in [-0.4, -0.2) is 11.1 Å². The molecule has 2 nitrogen and oxygen atoms in total. The first kappa shape index (κ1) is 8.38. The van der Waals surface area contributed by atoms with Gasteiger partial charge in [-0.2, -0.15) is 0 Å². The molecule has 1 N–H and O–H groups in total. The van der Waals surface area contributed by atoms with Gasteiger partial charge in [-0.25, -0.2) is 4.79 Å². The fourth-order valence-corrected chi connectivity index (χ4v) is 2.18. The van der Waals surface area contributed by atoms with E-state index >= 15 is 0 Å². The van der Waals surface area contributed by atoms with Gasteiger partial charge in [0.15, 0.2) is 0 Å². The Hall–Kier alpha value is -1.22. The van der Waals surface area contributed by atoms with Gasteiger partial charge in [0.2, 0.25) is 0 Å². The smallest absolute Gasteiger partial charge is 0.342 e. The van der Waals surface area contributed by atoms with Gasteiger partial charge in [-0.05, 0) is 17.2 Å². The Morgan fingerprint density at radius 2 is 2.15 bits per heavy atom. The second-order valence-corrected chi connectivity index (χ2v) is 3.82. The summed E-state index contributed by atoms with van der Waals surface area (Å²) in [4.78, 5) is 11.1. The Morgan fingerprint density at radius 3 is 2.92 bits per heavy atom. The molecule has 0 spiro atoms. The summed E-state index contributed by atoms with van der Waals surface area (Å²) in [6, 6.07) is 7.86. The number of hydrogen-bond donors (Lipinski definition) is 1. The molecule has 0 radical (unpaired) electrons. The number of fused-ring (bicyclic) bond motifs is 1. The molecule has 3 heteroatoms. The van der Waals surface area contributed by atoms with E-state index in [1.54, 1.807) is 6.08 Å². The van der Waals surface area contributed by atoms with Crippen LogP contribution < -0.4 is 0 Å². The minimum Gasteiger partial charge on any atom is -0.477 e. The lowest BCUT2D eigenvalue weighted by atomic mass is 10.1. The maximum absolute atomic E-state index is 10.7. The Kier molecular flexibility index (Phi) is 2.10. The third-order valence-electron chi connectivity index (χ3n) is 1.94. The molecule has 0 amide bonds. The number of thioether (sulfide) groups is 1. The summed E-state index contributed by atoms with van der Waals surface area (Å²) >= 11 is 1.38. The number of rotatable bonds is 1. The van der Waals surface area contributed by atoms with Crippen molar-refractivity contribution < 1.29 is 9.90 Å². The van der Waals surface area contributed by atoms with E-state index in [9.17, 15) is 4.79 Å². The van der Waals surface area contributed by atoms with Crippen molar-refractivity contribution in [3.05, 3.63) is 40.3 Å². The predicted octanol–water partition coefficient (Wildman–Crippen LogP) is 2.36. The van der Waals surface area contributed by atoms with Gasteiger partial charge in [0, 0.05) is 5.75 Å². The third-order valence-corrected chi connectivity index (χ3v) is 2.99. The largest absolute Gasteiger partial charge is 0.477 e. The van der Waals surface area contributed by atoms with Crippen molar-refractivity contribution in [3.63, 3.8) is 0 Å². The van der Waals surface area contributed by atoms with E-state index in [-0.39, 0.29) is 0 Å². The maximum atomic E-state index is 10.7. The van der Waals surface area contributed by atoms with Crippen molar-refractivity contribution in [3.8, 4) is 0 Å². The lowest BCUT2D eigenvalue weighted by Crippen LogP contribution is -2.02. The van der Waals surface area contributed by atoms with Crippen LogP contribution in [-0.2, 0) is 10.5 Å². The summed E-state index contributed by atoms with van der Waals surface area (Å²) in [5.41, 5.74) is 2.23. The van der Waals surface area contributed by atoms with Crippen LogP contribution in [0.2, 0.25) is 0 Å². The van der Waals surface area contributed by atoms with Gasteiger partial charge >= 0.3 is 5.97 Å². The average molecular weight is 192 g/mol. The molecule has 13 heavy (non-hydrogen) atoms. The van der Waals surface area contributed by atoms with Gasteiger partial charge in [0.25, 0.3) is 0 Å². The first-order valence-corrected chi connectivity index (χ1v) is 4.91. The first-order valence-electron chi connectivity index (χ1n) is 3.93. The molecule has 0 fully saturated rings. The van der Waals surface area contributed by atoms with Crippen molar-refractivity contribution in [2.24, 2.45) is 0 Å². The molecule has 0 aromatic heterocycles. The van der Waals surface area contributed by atoms with Crippen LogP contribution in [0.1, 0.15) is 11.1 Å². The standard InChI is InChI=1S/C10H8O2S/c11-10(12)9-5-7-3-1-2-4-8(7)6-13-9/h1-5H,6H2,(H,11,12). The molecule has 0 aliphatic carbocycles. The molecule has 0 unspecified atom stereocenters. The minimum atomic E-state index is -0.834. The molecule has 0 bridgehead atoms. The highest BCUT2D eigenvalue weighted by Crippen LogP contribution is 2.31. The lowest BCUT2D eigenvalue weighted by Gasteiger charge is -2.12. The molecule has 1 aromatic rings. The minimum absolute atomic E-state index is 0.429. The topological polar surface area (TPSA) is 37.3 Å². The maximum Gasteiger partial charge on any atom is 0.342 e. The third kappa shape index (κ3) is 1.60. The van der Waals surface area contributed by atoms with Crippen LogP contribution in [0.3, 0.4) is 0 Å². The number of carboxylic acid groups (broad SMARTS) is 1. The van der Waals surface area contributed by atoms with Crippen LogP contribution in [0.15, 0.2) is 29.2 Å². The molecule has 0 saturated heterocycles. The number of aliphatic carboxylic acids is 1. The summed E-state index contributed by atoms with van der Waals surface area (Å²) in [5, 5.41) is 8.77. The van der Waals surface area contributed by atoms with E-state index in [1.807, 2.05) is 24.3 Å². The van der Waals surface area contributed by atoms with E-state index in [4.69, 9.17) is 5.11 Å². The normalized spacial score (nSPS) is 14.6. The molecule has 2 rings (SSSR count). The van der Waals surface area contributed by atoms with Gasteiger partial charge in [-0.15, -0.1) is 11.8 Å². The first-order chi connectivity index (χ1) is 6.27. The van der Waals surface area contributed by atoms with Crippen molar-refractivity contribution in [2.75, 3.05) is 0 Å². The SMILES string of the molecule is O=C(O)C1=Cc2ccccc2CS1. The highest BCUT2D eigenvalue weighted by atomic mass is 32.2. The van der Waals surface area contributed by atoms with E-state index in [1.165, 1.54) is 17.3 Å². The van der Waals surface area contributed by atoms with E-state index in [0.29, 0.717) is 4.91 Å². The Bertz CT molecular complexity index is 382. The zero-order valence-corrected chi connectivity index (χ0v) is 7.67. The fourth-order valence-electron chi connectivity index (χ4n) is 1.27. The van der Waals surface area contributed by atoms with Crippen LogP contribution in [0.5, 0.6) is 0 Å². The second-order valence-electron chi connectivity index (χ2n) is 2.80. The fraction of sp³-hybridized carbons (Fsp3) is 0.100. The van der Waals surface area contributed by atoms with Crippen LogP contribution in [0.25, 0.3) is 6.08 Å². The lowest BCUT2D eigenvalue weighted by molar-refractivity contribution is -0.131. The van der Waals surface area contributed by atoms with Gasteiger partial charge < -0.3 is 5.11 Å². The zero-order valence-electron chi connectivity index (χ0n) is 6.86. The summed E-state index contributed by atoms with van der Waals surface area (Å²) in [7, 11) is 0. The zero-order chi connectivity index (χ0) is 9.26. The molecule has 1 heterocycles. The second kappa shape index (κ2) is 3.26. The molecule has 1 aliphatic heterocycles. The number of hydrogen-bond acceptors (Lipinski definition) is 2. The Labute approximate surface area is 80.3 Å². The van der Waals surface area contributed by atoms with Crippen molar-refractivity contribution in [1.29, 1.82) is 0 Å². The van der Waals surface area contributed by atoms with Crippen LogP contribution in [0.4, 0.5) is 0 Å². The van der Waals surface area contributed by atoms with Gasteiger partial charge in [-0.1, -0.05) is 24.3 Å². The number of carbonyl (C=O) groups is 1. The summed E-state index contributed by atoms with van der Waals surface area (Å²) < 4.78 is 0. The molecule has 0 atom stereocenters. The Balaban J connectivity index is 2.44. The monoisotopic (exact) mass is 192 g/mol. The summed E-state index contributed by atoms with van der Waals surface area (Å²) in [6.07, 6.45) is 1.73. The van der Waals surface area contributed by atoms with Crippen LogP contribution >= 0.6 is 11.8 Å². The Morgan fingerprint density at radius 1 is 1.38 bits per heavy atom. The van der Waals surface area contributed by atoms with Crippen molar-refractivity contribution >= 4 is 23.8 Å². The van der Waals surface area contributed by atoms with Gasteiger partial charge in [0.1, 0.15) is 0 Å². The van der Waals surface area contributed by atoms with Crippen LogP contribution in [0, 0.1) is 0 Å². The number of benzene rings is 1. The molecule has 66 valence electrons. The average Bonchev–Trinajstić information content (AvgIpc) is 2.17. The molecule has 1 aromatic carbocycles. The molecular formula is C10H8O2S. The molecule has 1 aliphatic rings. The van der Waals surface area contributed by atoms with E-state index in [0.717, 1.165) is 11.3 Å². The van der Waals surface area contributed by atoms with Gasteiger partial charge in [0.05, 0.1) is 4.91 Å². The van der Waals surface area contributed by atoms with E-state index in [2.05, 4.69) is 0 Å².